The van der Waals surface area contributed by atoms with E-state index < -0.39 is 5.60 Å². The van der Waals surface area contributed by atoms with E-state index in [9.17, 15) is 5.11 Å². The Morgan fingerprint density at radius 3 is 2.20 bits per heavy atom. The largest absolute Gasteiger partial charge is 0.389 e. The number of nitrogens with zero attached hydrogens (tertiary/aromatic N) is 1. The third kappa shape index (κ3) is 2.91. The first-order valence-corrected chi connectivity index (χ1v) is 5.72. The van der Waals surface area contributed by atoms with Crippen LogP contribution in [0.2, 0.25) is 0 Å². The van der Waals surface area contributed by atoms with Crippen LogP contribution < -0.4 is 0 Å². The second kappa shape index (κ2) is 4.01. The highest BCUT2D eigenvalue weighted by molar-refractivity contribution is 4.84. The maximum absolute atomic E-state index is 9.72. The summed E-state index contributed by atoms with van der Waals surface area (Å²) in [4.78, 5) is 2.27. The van der Waals surface area contributed by atoms with Crippen LogP contribution in [-0.2, 0) is 9.47 Å². The van der Waals surface area contributed by atoms with Crippen LogP contribution in [0.25, 0.3) is 0 Å². The Kier molecular flexibility index (Phi) is 3.03. The van der Waals surface area contributed by atoms with E-state index in [0.717, 1.165) is 45.7 Å². The maximum atomic E-state index is 9.72. The Bertz CT molecular complexity index is 208. The van der Waals surface area contributed by atoms with Gasteiger partial charge in [-0.05, 0) is 13.8 Å². The first-order chi connectivity index (χ1) is 6.99. The highest BCUT2D eigenvalue weighted by Gasteiger charge is 2.40. The zero-order valence-electron chi connectivity index (χ0n) is 9.66. The zero-order valence-corrected chi connectivity index (χ0v) is 9.66. The summed E-state index contributed by atoms with van der Waals surface area (Å²) in [5.74, 6) is -0.296. The fraction of sp³-hybridized carbons (Fsp3) is 1.00. The average molecular weight is 215 g/mol. The monoisotopic (exact) mass is 215 g/mol. The summed E-state index contributed by atoms with van der Waals surface area (Å²) in [7, 11) is 0. The van der Waals surface area contributed by atoms with Gasteiger partial charge in [0, 0.05) is 32.5 Å². The Morgan fingerprint density at radius 1 is 1.20 bits per heavy atom. The molecule has 0 aromatic carbocycles. The van der Waals surface area contributed by atoms with E-state index in [1.807, 2.05) is 13.8 Å². The van der Waals surface area contributed by atoms with Gasteiger partial charge in [0.1, 0.15) is 0 Å². The van der Waals surface area contributed by atoms with Gasteiger partial charge in [0.05, 0.1) is 18.8 Å². The van der Waals surface area contributed by atoms with Crippen LogP contribution in [0.15, 0.2) is 0 Å². The van der Waals surface area contributed by atoms with Crippen molar-refractivity contribution in [1.29, 1.82) is 0 Å². The van der Waals surface area contributed by atoms with Gasteiger partial charge in [0.25, 0.3) is 0 Å². The first-order valence-electron chi connectivity index (χ1n) is 5.72. The quantitative estimate of drug-likeness (QED) is 0.732. The van der Waals surface area contributed by atoms with Gasteiger partial charge in [-0.1, -0.05) is 0 Å². The molecule has 4 nitrogen and oxygen atoms in total. The molecule has 0 unspecified atom stereocenters. The molecule has 2 aliphatic heterocycles. The van der Waals surface area contributed by atoms with Crippen molar-refractivity contribution in [3.63, 3.8) is 0 Å². The lowest BCUT2D eigenvalue weighted by molar-refractivity contribution is -0.187. The second-order valence-electron chi connectivity index (χ2n) is 5.20. The van der Waals surface area contributed by atoms with Gasteiger partial charge >= 0.3 is 0 Å². The lowest BCUT2D eigenvalue weighted by atomic mass is 10.0. The molecule has 2 saturated heterocycles. The minimum absolute atomic E-state index is 0.296. The van der Waals surface area contributed by atoms with E-state index >= 15 is 0 Å². The molecule has 2 rings (SSSR count). The Hall–Kier alpha value is -0.160. The van der Waals surface area contributed by atoms with Crippen LogP contribution in [0, 0.1) is 0 Å². The molecule has 88 valence electrons. The molecule has 15 heavy (non-hydrogen) atoms. The fourth-order valence-electron chi connectivity index (χ4n) is 2.38. The van der Waals surface area contributed by atoms with Gasteiger partial charge in [0.15, 0.2) is 5.79 Å². The Balaban J connectivity index is 1.81. The molecule has 0 atom stereocenters. The van der Waals surface area contributed by atoms with E-state index in [2.05, 4.69) is 4.90 Å². The predicted molar refractivity (Wildman–Crippen MR) is 56.6 cm³/mol. The van der Waals surface area contributed by atoms with Gasteiger partial charge in [-0.25, -0.2) is 0 Å². The van der Waals surface area contributed by atoms with Crippen LogP contribution >= 0.6 is 0 Å². The summed E-state index contributed by atoms with van der Waals surface area (Å²) in [6.07, 6.45) is 1.84. The van der Waals surface area contributed by atoms with E-state index in [1.54, 1.807) is 0 Å². The molecular weight excluding hydrogens is 194 g/mol. The predicted octanol–water partition coefficient (Wildman–Crippen LogP) is 0.596. The van der Waals surface area contributed by atoms with Gasteiger partial charge in [-0.3, -0.25) is 0 Å². The van der Waals surface area contributed by atoms with Gasteiger partial charge in [-0.2, -0.15) is 0 Å². The molecular formula is C11H21NO3. The molecule has 0 amide bonds. The number of likely N-dealkylation sites (tertiary alicyclic amines) is 1. The number of β-amino-alcohol motifs (C(OH)–C–C–N with tert-alkyl or cyclic N) is 1. The molecule has 0 aromatic rings. The van der Waals surface area contributed by atoms with Crippen molar-refractivity contribution in [3.8, 4) is 0 Å². The third-order valence-corrected chi connectivity index (χ3v) is 3.04. The molecule has 1 N–H and O–H groups in total. The van der Waals surface area contributed by atoms with Crippen LogP contribution in [0.5, 0.6) is 0 Å². The number of hydrogen-bond acceptors (Lipinski definition) is 4. The molecule has 0 aromatic heterocycles. The SMILES string of the molecule is CC(C)(O)CN1CCC2(CC1)OCCO2. The maximum Gasteiger partial charge on any atom is 0.170 e. The molecule has 4 heteroatoms. The smallest absolute Gasteiger partial charge is 0.170 e. The minimum atomic E-state index is -0.609. The summed E-state index contributed by atoms with van der Waals surface area (Å²) in [5.41, 5.74) is -0.609. The van der Waals surface area contributed by atoms with Gasteiger partial charge < -0.3 is 19.5 Å². The van der Waals surface area contributed by atoms with Gasteiger partial charge in [-0.15, -0.1) is 0 Å². The second-order valence-corrected chi connectivity index (χ2v) is 5.20. The molecule has 0 saturated carbocycles. The normalized spacial score (nSPS) is 27.4. The Labute approximate surface area is 91.2 Å². The lowest BCUT2D eigenvalue weighted by Crippen LogP contribution is -2.49. The van der Waals surface area contributed by atoms with E-state index in [-0.39, 0.29) is 5.79 Å². The summed E-state index contributed by atoms with van der Waals surface area (Å²) >= 11 is 0. The van der Waals surface area contributed by atoms with Crippen LogP contribution in [-0.4, -0.2) is 54.2 Å². The van der Waals surface area contributed by atoms with Crippen LogP contribution in [0.1, 0.15) is 26.7 Å². The molecule has 2 aliphatic rings. The third-order valence-electron chi connectivity index (χ3n) is 3.04. The minimum Gasteiger partial charge on any atom is -0.389 e. The molecule has 0 bridgehead atoms. The fourth-order valence-corrected chi connectivity index (χ4v) is 2.38. The molecule has 0 aliphatic carbocycles. The number of aliphatic hydroxyl groups is 1. The summed E-state index contributed by atoms with van der Waals surface area (Å²) < 4.78 is 11.3. The van der Waals surface area contributed by atoms with E-state index in [1.165, 1.54) is 0 Å². The molecule has 0 radical (unpaired) electrons. The summed E-state index contributed by atoms with van der Waals surface area (Å²) in [5, 5.41) is 9.72. The highest BCUT2D eigenvalue weighted by atomic mass is 16.7. The zero-order chi connectivity index (χ0) is 10.9. The summed E-state index contributed by atoms with van der Waals surface area (Å²) in [6, 6.07) is 0. The van der Waals surface area contributed by atoms with Gasteiger partial charge in [0.2, 0.25) is 0 Å². The number of hydrogen-bond donors (Lipinski definition) is 1. The van der Waals surface area contributed by atoms with E-state index in [0.29, 0.717) is 0 Å². The first kappa shape index (κ1) is 11.3. The van der Waals surface area contributed by atoms with Crippen molar-refractivity contribution in [2.75, 3.05) is 32.8 Å². The average Bonchev–Trinajstić information content (AvgIpc) is 2.56. The molecule has 2 fully saturated rings. The molecule has 1 spiro atoms. The number of ether oxygens (including phenoxy) is 2. The van der Waals surface area contributed by atoms with Crippen molar-refractivity contribution >= 4 is 0 Å². The van der Waals surface area contributed by atoms with Crippen molar-refractivity contribution < 1.29 is 14.6 Å². The lowest BCUT2D eigenvalue weighted by Gasteiger charge is -2.39. The molecule has 2 heterocycles. The van der Waals surface area contributed by atoms with E-state index in [4.69, 9.17) is 9.47 Å². The van der Waals surface area contributed by atoms with Crippen molar-refractivity contribution in [3.05, 3.63) is 0 Å². The summed E-state index contributed by atoms with van der Waals surface area (Å²) in [6.45, 7) is 7.77. The van der Waals surface area contributed by atoms with Crippen molar-refractivity contribution in [2.24, 2.45) is 0 Å². The van der Waals surface area contributed by atoms with Crippen LogP contribution in [0.4, 0.5) is 0 Å². The topological polar surface area (TPSA) is 41.9 Å². The standard InChI is InChI=1S/C11H21NO3/c1-10(2,13)9-12-5-3-11(4-6-12)14-7-8-15-11/h13H,3-9H2,1-2H3. The highest BCUT2D eigenvalue weighted by Crippen LogP contribution is 2.31. The number of piperidine rings is 1. The Morgan fingerprint density at radius 2 is 1.73 bits per heavy atom. The number of rotatable bonds is 2. The van der Waals surface area contributed by atoms with Crippen molar-refractivity contribution in [2.45, 2.75) is 38.1 Å². The van der Waals surface area contributed by atoms with Crippen LogP contribution in [0.3, 0.4) is 0 Å². The van der Waals surface area contributed by atoms with Crippen molar-refractivity contribution in [1.82, 2.24) is 4.90 Å².